The van der Waals surface area contributed by atoms with Crippen molar-refractivity contribution in [1.29, 1.82) is 0 Å². The molecule has 0 heterocycles. The number of hydrogen-bond acceptors (Lipinski definition) is 7. The van der Waals surface area contributed by atoms with E-state index in [9.17, 15) is 18.0 Å². The lowest BCUT2D eigenvalue weighted by molar-refractivity contribution is -0.230. The molecule has 214 valence electrons. The first kappa shape index (κ1) is 28.5. The third-order valence-corrected chi connectivity index (χ3v) is 13.0. The summed E-state index contributed by atoms with van der Waals surface area (Å²) < 4.78 is 36.9. The number of hydrogen-bond donors (Lipinski definition) is 1. The predicted molar refractivity (Wildman–Crippen MR) is 148 cm³/mol. The molecule has 0 amide bonds. The van der Waals surface area contributed by atoms with Crippen molar-refractivity contribution in [3.8, 4) is 0 Å². The van der Waals surface area contributed by atoms with Crippen LogP contribution in [0.2, 0.25) is 0 Å². The van der Waals surface area contributed by atoms with Crippen LogP contribution < -0.4 is 5.73 Å². The highest BCUT2D eigenvalue weighted by Crippen LogP contribution is 2.87. The Morgan fingerprint density at radius 1 is 1.15 bits per heavy atom. The summed E-state index contributed by atoms with van der Waals surface area (Å²) in [5.74, 6) is -0.0402. The van der Waals surface area contributed by atoms with Crippen LogP contribution in [0.3, 0.4) is 0 Å². The van der Waals surface area contributed by atoms with Crippen molar-refractivity contribution in [3.05, 3.63) is 42.0 Å². The van der Waals surface area contributed by atoms with Crippen molar-refractivity contribution in [1.82, 2.24) is 0 Å². The lowest BCUT2D eigenvalue weighted by atomic mass is 9.33. The molecule has 0 saturated heterocycles. The number of ketones is 1. The molecule has 0 bridgehead atoms. The third kappa shape index (κ3) is 3.70. The van der Waals surface area contributed by atoms with E-state index in [4.69, 9.17) is 14.7 Å². The van der Waals surface area contributed by atoms with Crippen LogP contribution in [0.4, 0.5) is 0 Å². The Morgan fingerprint density at radius 2 is 1.82 bits per heavy atom. The monoisotopic (exact) mass is 557 g/mol. The maximum atomic E-state index is 14.2. The molecule has 8 heteroatoms. The zero-order valence-corrected chi connectivity index (χ0v) is 24.7. The molecule has 4 saturated carbocycles. The predicted octanol–water partition coefficient (Wildman–Crippen LogP) is 4.96. The van der Waals surface area contributed by atoms with Crippen molar-refractivity contribution < 1.29 is 26.9 Å². The fourth-order valence-corrected chi connectivity index (χ4v) is 10.7. The second-order valence-corrected chi connectivity index (χ2v) is 14.9. The topological polar surface area (TPSA) is 113 Å². The van der Waals surface area contributed by atoms with E-state index < -0.39 is 39.6 Å². The Kier molecular flexibility index (Phi) is 6.76. The van der Waals surface area contributed by atoms with Gasteiger partial charge in [-0.05, 0) is 81.4 Å². The SMILES string of the molecule is C=C1CCC23CC4CC(C)C(C)(C(OC(=O)COS(=O)(=O)c5ccc(C)cc5)CC(C)(CCN)C(=O)C2C)C143. The van der Waals surface area contributed by atoms with Gasteiger partial charge >= 0.3 is 5.97 Å². The fourth-order valence-electron chi connectivity index (χ4n) is 9.82. The molecule has 4 aliphatic carbocycles. The van der Waals surface area contributed by atoms with E-state index in [0.717, 1.165) is 31.2 Å². The van der Waals surface area contributed by atoms with Crippen molar-refractivity contribution in [2.24, 2.45) is 45.1 Å². The number of carbonyl (C=O) groups excluding carboxylic acids is 2. The number of allylic oxidation sites excluding steroid dienone is 1. The maximum absolute atomic E-state index is 14.2. The van der Waals surface area contributed by atoms with Gasteiger partial charge in [-0.1, -0.05) is 57.5 Å². The molecule has 0 radical (unpaired) electrons. The zero-order chi connectivity index (χ0) is 28.6. The fraction of sp³-hybridized carbons (Fsp3) is 0.677. The molecule has 1 aromatic rings. The number of esters is 1. The van der Waals surface area contributed by atoms with E-state index in [2.05, 4.69) is 27.4 Å². The van der Waals surface area contributed by atoms with Gasteiger partial charge < -0.3 is 10.5 Å². The Bertz CT molecular complexity index is 1310. The molecular formula is C31H43NO6S. The second-order valence-electron chi connectivity index (χ2n) is 13.3. The van der Waals surface area contributed by atoms with E-state index in [-0.39, 0.29) is 33.3 Å². The lowest BCUT2D eigenvalue weighted by Gasteiger charge is -2.70. The average molecular weight is 558 g/mol. The Hall–Kier alpha value is -2.03. The molecule has 0 aromatic heterocycles. The first-order chi connectivity index (χ1) is 18.2. The molecule has 2 N–H and O–H groups in total. The summed E-state index contributed by atoms with van der Waals surface area (Å²) in [5, 5.41) is 0. The molecule has 4 aliphatic rings. The summed E-state index contributed by atoms with van der Waals surface area (Å²) >= 11 is 0. The average Bonchev–Trinajstić information content (AvgIpc) is 3.21. The smallest absolute Gasteiger partial charge is 0.333 e. The minimum Gasteiger partial charge on any atom is -0.460 e. The largest absolute Gasteiger partial charge is 0.460 e. The number of benzene rings is 1. The Labute approximate surface area is 233 Å². The molecular weight excluding hydrogens is 514 g/mol. The van der Waals surface area contributed by atoms with E-state index in [1.54, 1.807) is 12.1 Å². The zero-order valence-electron chi connectivity index (χ0n) is 23.9. The second kappa shape index (κ2) is 9.25. The lowest BCUT2D eigenvalue weighted by Crippen LogP contribution is -2.69. The van der Waals surface area contributed by atoms with Crippen LogP contribution >= 0.6 is 0 Å². The summed E-state index contributed by atoms with van der Waals surface area (Å²) in [6.07, 6.45) is 4.05. The van der Waals surface area contributed by atoms with Crippen LogP contribution in [-0.2, 0) is 28.6 Å². The number of nitrogens with two attached hydrogens (primary N) is 1. The molecule has 1 aromatic carbocycles. The van der Waals surface area contributed by atoms with E-state index >= 15 is 0 Å². The number of aryl methyl sites for hydroxylation is 1. The molecule has 4 fully saturated rings. The highest BCUT2D eigenvalue weighted by Gasteiger charge is 2.83. The van der Waals surface area contributed by atoms with Crippen LogP contribution in [0, 0.1) is 46.3 Å². The minimum absolute atomic E-state index is 0.0124. The van der Waals surface area contributed by atoms with Crippen LogP contribution in [0.15, 0.2) is 41.3 Å². The maximum Gasteiger partial charge on any atom is 0.333 e. The van der Waals surface area contributed by atoms with Crippen LogP contribution in [-0.4, -0.2) is 39.4 Å². The van der Waals surface area contributed by atoms with Gasteiger partial charge in [0.2, 0.25) is 0 Å². The van der Waals surface area contributed by atoms with E-state index in [1.807, 2.05) is 13.8 Å². The molecule has 1 spiro atoms. The summed E-state index contributed by atoms with van der Waals surface area (Å²) in [5.41, 5.74) is 6.45. The third-order valence-electron chi connectivity index (χ3n) is 11.7. The van der Waals surface area contributed by atoms with Gasteiger partial charge in [-0.15, -0.1) is 0 Å². The van der Waals surface area contributed by atoms with Crippen molar-refractivity contribution in [2.75, 3.05) is 13.2 Å². The summed E-state index contributed by atoms with van der Waals surface area (Å²) in [4.78, 5) is 27.5. The van der Waals surface area contributed by atoms with Crippen LogP contribution in [0.1, 0.15) is 71.8 Å². The number of ether oxygens (including phenoxy) is 1. The Balaban J connectivity index is 1.50. The van der Waals surface area contributed by atoms with Gasteiger partial charge in [0.15, 0.2) is 6.61 Å². The number of carbonyl (C=O) groups is 2. The van der Waals surface area contributed by atoms with E-state index in [1.165, 1.54) is 17.7 Å². The first-order valence-corrected chi connectivity index (χ1v) is 15.7. The van der Waals surface area contributed by atoms with Gasteiger partial charge in [0, 0.05) is 22.2 Å². The number of Topliss-reactive ketones (excluding diaryl/α,β-unsaturated/α-hetero) is 1. The normalized spacial score (nSPS) is 41.3. The molecule has 7 nitrogen and oxygen atoms in total. The van der Waals surface area contributed by atoms with Crippen LogP contribution in [0.5, 0.6) is 0 Å². The Morgan fingerprint density at radius 3 is 2.46 bits per heavy atom. The van der Waals surface area contributed by atoms with Gasteiger partial charge in [0.05, 0.1) is 4.90 Å². The molecule has 0 aliphatic heterocycles. The van der Waals surface area contributed by atoms with Crippen molar-refractivity contribution >= 4 is 21.9 Å². The van der Waals surface area contributed by atoms with Crippen molar-refractivity contribution in [2.45, 2.75) is 84.1 Å². The van der Waals surface area contributed by atoms with Crippen molar-refractivity contribution in [3.63, 3.8) is 0 Å². The number of rotatable bonds is 7. The first-order valence-electron chi connectivity index (χ1n) is 14.3. The van der Waals surface area contributed by atoms with Gasteiger partial charge in [-0.25, -0.2) is 4.79 Å². The van der Waals surface area contributed by atoms with Gasteiger partial charge in [-0.2, -0.15) is 8.42 Å². The molecule has 39 heavy (non-hydrogen) atoms. The van der Waals surface area contributed by atoms with E-state index in [0.29, 0.717) is 25.3 Å². The molecule has 5 rings (SSSR count). The van der Waals surface area contributed by atoms with Gasteiger partial charge in [0.25, 0.3) is 10.1 Å². The van der Waals surface area contributed by atoms with Gasteiger partial charge in [0.1, 0.15) is 11.9 Å². The summed E-state index contributed by atoms with van der Waals surface area (Å²) in [7, 11) is -4.13. The summed E-state index contributed by atoms with van der Waals surface area (Å²) in [6, 6.07) is 6.27. The molecule has 8 unspecified atom stereocenters. The quantitative estimate of drug-likeness (QED) is 0.286. The summed E-state index contributed by atoms with van der Waals surface area (Å²) in [6.45, 7) is 14.6. The highest BCUT2D eigenvalue weighted by molar-refractivity contribution is 7.86. The van der Waals surface area contributed by atoms with Gasteiger partial charge in [-0.3, -0.25) is 8.98 Å². The minimum atomic E-state index is -4.13. The standard InChI is InChI=1S/C31H43NO6S/c1-19-7-9-24(10-8-19)39(35,36)37-18-26(33)38-25-17-28(5,13-14-32)27(34)22(4)30-12-11-20(2)31(30)23(16-30)15-21(3)29(25,31)6/h7-10,21-23,25H,2,11-18,32H2,1,3-6H3. The van der Waals surface area contributed by atoms with Crippen LogP contribution in [0.25, 0.3) is 0 Å². The molecule has 8 atom stereocenters. The highest BCUT2D eigenvalue weighted by atomic mass is 32.2.